The van der Waals surface area contributed by atoms with Crippen LogP contribution in [0.15, 0.2) is 6.07 Å². The molecule has 0 saturated heterocycles. The standard InChI is InChI=1S/C14H22O6S/c1-11-12(9-13(21-11)14(15)16)10-20-8-7-19-6-5-18-4-3-17-2/h9H,3-8,10H2,1-2H3,(H,15,16). The molecule has 0 saturated carbocycles. The first kappa shape index (κ1) is 18.1. The van der Waals surface area contributed by atoms with Crippen molar-refractivity contribution in [1.29, 1.82) is 0 Å². The van der Waals surface area contributed by atoms with E-state index in [-0.39, 0.29) is 0 Å². The van der Waals surface area contributed by atoms with Gasteiger partial charge >= 0.3 is 5.97 Å². The quantitative estimate of drug-likeness (QED) is 0.594. The number of methoxy groups -OCH3 is 1. The minimum atomic E-state index is -0.897. The number of rotatable bonds is 12. The second-order valence-corrected chi connectivity index (χ2v) is 5.52. The van der Waals surface area contributed by atoms with E-state index in [1.54, 1.807) is 13.2 Å². The molecule has 120 valence electrons. The molecule has 0 aliphatic carbocycles. The molecular formula is C14H22O6S. The summed E-state index contributed by atoms with van der Waals surface area (Å²) in [5.41, 5.74) is 0.917. The molecule has 6 nitrogen and oxygen atoms in total. The van der Waals surface area contributed by atoms with Gasteiger partial charge in [-0.1, -0.05) is 0 Å². The van der Waals surface area contributed by atoms with Gasteiger partial charge in [0.25, 0.3) is 0 Å². The monoisotopic (exact) mass is 318 g/mol. The maximum Gasteiger partial charge on any atom is 0.345 e. The van der Waals surface area contributed by atoms with Crippen molar-refractivity contribution in [3.63, 3.8) is 0 Å². The minimum Gasteiger partial charge on any atom is -0.477 e. The third-order valence-corrected chi connectivity index (χ3v) is 3.75. The minimum absolute atomic E-state index is 0.343. The predicted octanol–water partition coefficient (Wildman–Crippen LogP) is 1.95. The Labute approximate surface area is 128 Å². The largest absolute Gasteiger partial charge is 0.477 e. The first-order valence-corrected chi connectivity index (χ1v) is 7.51. The average molecular weight is 318 g/mol. The maximum atomic E-state index is 10.8. The van der Waals surface area contributed by atoms with Crippen LogP contribution in [0.5, 0.6) is 0 Å². The highest BCUT2D eigenvalue weighted by atomic mass is 32.1. The lowest BCUT2D eigenvalue weighted by Gasteiger charge is -2.06. The van der Waals surface area contributed by atoms with Gasteiger partial charge in [-0.3, -0.25) is 0 Å². The van der Waals surface area contributed by atoms with Gasteiger partial charge in [0, 0.05) is 12.0 Å². The third-order valence-electron chi connectivity index (χ3n) is 2.66. The van der Waals surface area contributed by atoms with Crippen LogP contribution in [0.1, 0.15) is 20.1 Å². The molecule has 0 atom stereocenters. The number of thiophene rings is 1. The highest BCUT2D eigenvalue weighted by Crippen LogP contribution is 2.22. The second kappa shape index (κ2) is 10.7. The van der Waals surface area contributed by atoms with E-state index in [2.05, 4.69) is 0 Å². The fourth-order valence-electron chi connectivity index (χ4n) is 1.53. The van der Waals surface area contributed by atoms with Crippen molar-refractivity contribution in [3.05, 3.63) is 21.4 Å². The van der Waals surface area contributed by atoms with Crippen molar-refractivity contribution in [2.24, 2.45) is 0 Å². The van der Waals surface area contributed by atoms with Gasteiger partial charge in [0.1, 0.15) is 4.88 Å². The van der Waals surface area contributed by atoms with E-state index in [9.17, 15) is 4.79 Å². The number of ether oxygens (including phenoxy) is 4. The lowest BCUT2D eigenvalue weighted by Crippen LogP contribution is -2.11. The zero-order valence-electron chi connectivity index (χ0n) is 12.4. The molecule has 0 unspecified atom stereocenters. The van der Waals surface area contributed by atoms with Gasteiger partial charge in [-0.2, -0.15) is 0 Å². The van der Waals surface area contributed by atoms with Gasteiger partial charge in [0.2, 0.25) is 0 Å². The van der Waals surface area contributed by atoms with Gasteiger partial charge in [-0.05, 0) is 18.6 Å². The molecule has 0 radical (unpaired) electrons. The molecule has 0 aliphatic rings. The van der Waals surface area contributed by atoms with Gasteiger partial charge in [0.05, 0.1) is 46.2 Å². The topological polar surface area (TPSA) is 74.2 Å². The lowest BCUT2D eigenvalue weighted by molar-refractivity contribution is 0.000852. The van der Waals surface area contributed by atoms with Crippen LogP contribution < -0.4 is 0 Å². The molecule has 0 spiro atoms. The van der Waals surface area contributed by atoms with Crippen molar-refractivity contribution < 1.29 is 28.8 Å². The van der Waals surface area contributed by atoms with Gasteiger partial charge in [-0.15, -0.1) is 11.3 Å². The summed E-state index contributed by atoms with van der Waals surface area (Å²) in [6, 6.07) is 1.66. The van der Waals surface area contributed by atoms with Crippen LogP contribution >= 0.6 is 11.3 Å². The number of hydrogen-bond donors (Lipinski definition) is 1. The zero-order valence-corrected chi connectivity index (χ0v) is 13.2. The average Bonchev–Trinajstić information content (AvgIpc) is 2.82. The van der Waals surface area contributed by atoms with E-state index in [4.69, 9.17) is 24.1 Å². The molecule has 7 heteroatoms. The Hall–Kier alpha value is -0.990. The van der Waals surface area contributed by atoms with Crippen molar-refractivity contribution in [1.82, 2.24) is 0 Å². The van der Waals surface area contributed by atoms with E-state index in [1.165, 1.54) is 11.3 Å². The SMILES string of the molecule is COCCOCCOCCOCc1cc(C(=O)O)sc1C. The summed E-state index contributed by atoms with van der Waals surface area (Å²) in [7, 11) is 1.63. The number of carboxylic acids is 1. The summed E-state index contributed by atoms with van der Waals surface area (Å²) in [4.78, 5) is 12.2. The van der Waals surface area contributed by atoms with Crippen LogP contribution in [-0.4, -0.2) is 57.8 Å². The number of aromatic carboxylic acids is 1. The van der Waals surface area contributed by atoms with Crippen molar-refractivity contribution in [2.75, 3.05) is 46.8 Å². The Balaban J connectivity index is 2.03. The molecule has 0 fully saturated rings. The van der Waals surface area contributed by atoms with E-state index in [0.29, 0.717) is 51.1 Å². The van der Waals surface area contributed by atoms with Crippen LogP contribution in [0.3, 0.4) is 0 Å². The van der Waals surface area contributed by atoms with Crippen LogP contribution in [0.25, 0.3) is 0 Å². The first-order chi connectivity index (χ1) is 10.1. The third kappa shape index (κ3) is 7.54. The van der Waals surface area contributed by atoms with Crippen molar-refractivity contribution >= 4 is 17.3 Å². The Morgan fingerprint density at radius 3 is 2.19 bits per heavy atom. The molecule has 1 aromatic rings. The summed E-state index contributed by atoms with van der Waals surface area (Å²) in [5, 5.41) is 8.90. The summed E-state index contributed by atoms with van der Waals surface area (Å²) in [6.45, 7) is 5.47. The molecule has 1 rings (SSSR count). The number of carbonyl (C=O) groups is 1. The normalized spacial score (nSPS) is 11.0. The highest BCUT2D eigenvalue weighted by molar-refractivity contribution is 7.14. The van der Waals surface area contributed by atoms with E-state index >= 15 is 0 Å². The summed E-state index contributed by atoms with van der Waals surface area (Å²) in [6.07, 6.45) is 0. The smallest absolute Gasteiger partial charge is 0.345 e. The fourth-order valence-corrected chi connectivity index (χ4v) is 2.40. The molecule has 21 heavy (non-hydrogen) atoms. The van der Waals surface area contributed by atoms with Crippen LogP contribution in [0.2, 0.25) is 0 Å². The molecule has 1 heterocycles. The summed E-state index contributed by atoms with van der Waals surface area (Å²) >= 11 is 1.27. The molecule has 1 N–H and O–H groups in total. The maximum absolute atomic E-state index is 10.8. The Morgan fingerprint density at radius 1 is 1.10 bits per heavy atom. The Morgan fingerprint density at radius 2 is 1.67 bits per heavy atom. The summed E-state index contributed by atoms with van der Waals surface area (Å²) in [5.74, 6) is -0.897. The number of carboxylic acid groups (broad SMARTS) is 1. The summed E-state index contributed by atoms with van der Waals surface area (Å²) < 4.78 is 20.9. The molecule has 0 bridgehead atoms. The van der Waals surface area contributed by atoms with Crippen LogP contribution in [-0.2, 0) is 25.6 Å². The molecule has 0 amide bonds. The second-order valence-electron chi connectivity index (χ2n) is 4.27. The molecule has 1 aromatic heterocycles. The Kier molecular flexibility index (Phi) is 9.20. The van der Waals surface area contributed by atoms with E-state index in [1.807, 2.05) is 6.92 Å². The van der Waals surface area contributed by atoms with Crippen LogP contribution in [0.4, 0.5) is 0 Å². The predicted molar refractivity (Wildman–Crippen MR) is 79.2 cm³/mol. The van der Waals surface area contributed by atoms with Crippen LogP contribution in [0, 0.1) is 6.92 Å². The lowest BCUT2D eigenvalue weighted by atomic mass is 10.2. The van der Waals surface area contributed by atoms with E-state index < -0.39 is 5.97 Å². The van der Waals surface area contributed by atoms with E-state index in [0.717, 1.165) is 10.4 Å². The van der Waals surface area contributed by atoms with Crippen molar-refractivity contribution in [2.45, 2.75) is 13.5 Å². The fraction of sp³-hybridized carbons (Fsp3) is 0.643. The first-order valence-electron chi connectivity index (χ1n) is 6.70. The molecule has 0 aromatic carbocycles. The number of aryl methyl sites for hydroxylation is 1. The van der Waals surface area contributed by atoms with Crippen molar-refractivity contribution in [3.8, 4) is 0 Å². The van der Waals surface area contributed by atoms with Gasteiger partial charge in [-0.25, -0.2) is 4.79 Å². The Bertz CT molecular complexity index is 418. The number of hydrogen-bond acceptors (Lipinski definition) is 6. The van der Waals surface area contributed by atoms with Gasteiger partial charge in [0.15, 0.2) is 0 Å². The highest BCUT2D eigenvalue weighted by Gasteiger charge is 2.10. The molecule has 0 aliphatic heterocycles. The zero-order chi connectivity index (χ0) is 15.5. The molecular weight excluding hydrogens is 296 g/mol. The van der Waals surface area contributed by atoms with Gasteiger partial charge < -0.3 is 24.1 Å².